The Hall–Kier alpha value is -2.13. The molecule has 0 aliphatic heterocycles. The molecule has 2 rings (SSSR count). The summed E-state index contributed by atoms with van der Waals surface area (Å²) in [6, 6.07) is 14.7. The zero-order valence-electron chi connectivity index (χ0n) is 11.4. The molecule has 3 nitrogen and oxygen atoms in total. The van der Waals surface area contributed by atoms with Crippen LogP contribution >= 0.6 is 11.6 Å². The highest BCUT2D eigenvalue weighted by Crippen LogP contribution is 2.10. The van der Waals surface area contributed by atoms with Crippen LogP contribution < -0.4 is 5.43 Å². The minimum absolute atomic E-state index is 0.278. The Balaban J connectivity index is 2.11. The van der Waals surface area contributed by atoms with E-state index in [1.165, 1.54) is 0 Å². The van der Waals surface area contributed by atoms with Crippen LogP contribution in [0.1, 0.15) is 28.4 Å². The van der Waals surface area contributed by atoms with Crippen molar-refractivity contribution in [3.05, 3.63) is 70.2 Å². The molecule has 102 valence electrons. The molecule has 4 heteroatoms. The second-order valence-corrected chi connectivity index (χ2v) is 4.95. The Morgan fingerprint density at radius 2 is 1.80 bits per heavy atom. The molecule has 0 unspecified atom stereocenters. The lowest BCUT2D eigenvalue weighted by Crippen LogP contribution is -2.19. The van der Waals surface area contributed by atoms with Crippen molar-refractivity contribution >= 4 is 23.2 Å². The Morgan fingerprint density at radius 1 is 1.10 bits per heavy atom. The Kier molecular flexibility index (Phi) is 4.53. The minimum Gasteiger partial charge on any atom is -0.267 e. The van der Waals surface area contributed by atoms with Crippen molar-refractivity contribution in [3.8, 4) is 0 Å². The van der Waals surface area contributed by atoms with E-state index in [0.29, 0.717) is 10.6 Å². The first-order chi connectivity index (χ1) is 9.56. The van der Waals surface area contributed by atoms with Crippen LogP contribution in [0.15, 0.2) is 53.6 Å². The average Bonchev–Trinajstić information content (AvgIpc) is 2.44. The van der Waals surface area contributed by atoms with E-state index in [0.717, 1.165) is 16.8 Å². The summed E-state index contributed by atoms with van der Waals surface area (Å²) in [5.41, 5.74) is 5.91. The van der Waals surface area contributed by atoms with Crippen molar-refractivity contribution in [3.63, 3.8) is 0 Å². The third-order valence-electron chi connectivity index (χ3n) is 2.85. The van der Waals surface area contributed by atoms with E-state index in [4.69, 9.17) is 11.6 Å². The maximum atomic E-state index is 11.9. The maximum Gasteiger partial charge on any atom is 0.271 e. The van der Waals surface area contributed by atoms with Gasteiger partial charge >= 0.3 is 0 Å². The van der Waals surface area contributed by atoms with Gasteiger partial charge in [-0.15, -0.1) is 0 Å². The second kappa shape index (κ2) is 6.35. The molecular formula is C16H15ClN2O. The predicted octanol–water partition coefficient (Wildman–Crippen LogP) is 3.80. The van der Waals surface area contributed by atoms with Gasteiger partial charge in [-0.3, -0.25) is 4.79 Å². The fraction of sp³-hybridized carbons (Fsp3) is 0.125. The Labute approximate surface area is 123 Å². The quantitative estimate of drug-likeness (QED) is 0.677. The van der Waals surface area contributed by atoms with Gasteiger partial charge in [0.2, 0.25) is 0 Å². The van der Waals surface area contributed by atoms with Crippen LogP contribution in [0.3, 0.4) is 0 Å². The maximum absolute atomic E-state index is 11.9. The standard InChI is InChI=1S/C16H15ClN2O/c1-11-5-3-6-13(9-11)12(2)18-19-16(20)14-7-4-8-15(17)10-14/h3-10H,1-2H3,(H,19,20). The number of amides is 1. The van der Waals surface area contributed by atoms with Crippen LogP contribution in [0.2, 0.25) is 5.02 Å². The van der Waals surface area contributed by atoms with Crippen molar-refractivity contribution < 1.29 is 4.79 Å². The van der Waals surface area contributed by atoms with Gasteiger partial charge < -0.3 is 0 Å². The fourth-order valence-electron chi connectivity index (χ4n) is 1.76. The number of benzene rings is 2. The summed E-state index contributed by atoms with van der Waals surface area (Å²) >= 11 is 5.85. The molecule has 2 aromatic carbocycles. The van der Waals surface area contributed by atoms with Gasteiger partial charge in [-0.25, -0.2) is 5.43 Å². The number of carbonyl (C=O) groups is 1. The first kappa shape index (κ1) is 14.3. The molecule has 0 aliphatic carbocycles. The smallest absolute Gasteiger partial charge is 0.267 e. The number of hydrogen-bond donors (Lipinski definition) is 1. The summed E-state index contributed by atoms with van der Waals surface area (Å²) in [6.07, 6.45) is 0. The molecular weight excluding hydrogens is 272 g/mol. The van der Waals surface area contributed by atoms with Crippen molar-refractivity contribution in [1.82, 2.24) is 5.43 Å². The van der Waals surface area contributed by atoms with E-state index < -0.39 is 0 Å². The number of carbonyl (C=O) groups excluding carboxylic acids is 1. The Bertz CT molecular complexity index is 665. The largest absolute Gasteiger partial charge is 0.271 e. The zero-order chi connectivity index (χ0) is 14.5. The van der Waals surface area contributed by atoms with Crippen molar-refractivity contribution in [2.75, 3.05) is 0 Å². The van der Waals surface area contributed by atoms with Gasteiger partial charge in [0.15, 0.2) is 0 Å². The number of halogens is 1. The lowest BCUT2D eigenvalue weighted by Gasteiger charge is -2.04. The molecule has 0 atom stereocenters. The van der Waals surface area contributed by atoms with E-state index >= 15 is 0 Å². The predicted molar refractivity (Wildman–Crippen MR) is 82.3 cm³/mol. The normalized spacial score (nSPS) is 11.2. The summed E-state index contributed by atoms with van der Waals surface area (Å²) in [7, 11) is 0. The molecule has 0 aliphatic rings. The number of hydrogen-bond acceptors (Lipinski definition) is 2. The SMILES string of the molecule is CC(=NNC(=O)c1cccc(Cl)c1)c1cccc(C)c1. The zero-order valence-corrected chi connectivity index (χ0v) is 12.1. The highest BCUT2D eigenvalue weighted by Gasteiger charge is 2.05. The third kappa shape index (κ3) is 3.68. The summed E-state index contributed by atoms with van der Waals surface area (Å²) < 4.78 is 0. The van der Waals surface area contributed by atoms with Crippen LogP contribution in [0.25, 0.3) is 0 Å². The number of aryl methyl sites for hydroxylation is 1. The summed E-state index contributed by atoms with van der Waals surface area (Å²) in [4.78, 5) is 11.9. The van der Waals surface area contributed by atoms with Crippen LogP contribution in [-0.4, -0.2) is 11.6 Å². The molecule has 1 N–H and O–H groups in total. The van der Waals surface area contributed by atoms with E-state index in [2.05, 4.69) is 10.5 Å². The highest BCUT2D eigenvalue weighted by atomic mass is 35.5. The minimum atomic E-state index is -0.278. The van der Waals surface area contributed by atoms with Crippen LogP contribution in [0, 0.1) is 6.92 Å². The number of rotatable bonds is 3. The van der Waals surface area contributed by atoms with E-state index in [1.807, 2.05) is 38.1 Å². The van der Waals surface area contributed by atoms with Gasteiger partial charge in [-0.05, 0) is 37.6 Å². The molecule has 0 spiro atoms. The lowest BCUT2D eigenvalue weighted by atomic mass is 10.1. The monoisotopic (exact) mass is 286 g/mol. The van der Waals surface area contributed by atoms with Crippen molar-refractivity contribution in [2.24, 2.45) is 5.10 Å². The Morgan fingerprint density at radius 3 is 2.50 bits per heavy atom. The van der Waals surface area contributed by atoms with Crippen LogP contribution in [-0.2, 0) is 0 Å². The summed E-state index contributed by atoms with van der Waals surface area (Å²) in [5.74, 6) is -0.278. The summed E-state index contributed by atoms with van der Waals surface area (Å²) in [5, 5.41) is 4.64. The van der Waals surface area contributed by atoms with Gasteiger partial charge in [0.05, 0.1) is 5.71 Å². The molecule has 0 fully saturated rings. The van der Waals surface area contributed by atoms with Gasteiger partial charge in [0.25, 0.3) is 5.91 Å². The molecule has 1 amide bonds. The molecule has 20 heavy (non-hydrogen) atoms. The van der Waals surface area contributed by atoms with E-state index in [-0.39, 0.29) is 5.91 Å². The number of hydrazone groups is 1. The van der Waals surface area contributed by atoms with Gasteiger partial charge in [-0.2, -0.15) is 5.10 Å². The molecule has 0 heterocycles. The number of nitrogens with one attached hydrogen (secondary N) is 1. The topological polar surface area (TPSA) is 41.5 Å². The molecule has 2 aromatic rings. The third-order valence-corrected chi connectivity index (χ3v) is 3.08. The molecule has 0 aromatic heterocycles. The lowest BCUT2D eigenvalue weighted by molar-refractivity contribution is 0.0955. The van der Waals surface area contributed by atoms with Crippen molar-refractivity contribution in [1.29, 1.82) is 0 Å². The van der Waals surface area contributed by atoms with E-state index in [1.54, 1.807) is 24.3 Å². The van der Waals surface area contributed by atoms with Gasteiger partial charge in [-0.1, -0.05) is 47.5 Å². The highest BCUT2D eigenvalue weighted by molar-refractivity contribution is 6.30. The average molecular weight is 287 g/mol. The molecule has 0 radical (unpaired) electrons. The van der Waals surface area contributed by atoms with Crippen LogP contribution in [0.5, 0.6) is 0 Å². The first-order valence-corrected chi connectivity index (χ1v) is 6.61. The van der Waals surface area contributed by atoms with Crippen molar-refractivity contribution in [2.45, 2.75) is 13.8 Å². The molecule has 0 saturated carbocycles. The van der Waals surface area contributed by atoms with Gasteiger partial charge in [0, 0.05) is 10.6 Å². The van der Waals surface area contributed by atoms with Gasteiger partial charge in [0.1, 0.15) is 0 Å². The second-order valence-electron chi connectivity index (χ2n) is 4.52. The van der Waals surface area contributed by atoms with Crippen LogP contribution in [0.4, 0.5) is 0 Å². The summed E-state index contributed by atoms with van der Waals surface area (Å²) in [6.45, 7) is 3.87. The fourth-order valence-corrected chi connectivity index (χ4v) is 1.95. The molecule has 0 saturated heterocycles. The molecule has 0 bridgehead atoms. The number of nitrogens with zero attached hydrogens (tertiary/aromatic N) is 1. The van der Waals surface area contributed by atoms with E-state index in [9.17, 15) is 4.79 Å². The first-order valence-electron chi connectivity index (χ1n) is 6.23.